The largest absolute Gasteiger partial charge is 0.465 e. The predicted octanol–water partition coefficient (Wildman–Crippen LogP) is 2.27. The Kier molecular flexibility index (Phi) is 5.65. The number of alkyl halides is 3. The van der Waals surface area contributed by atoms with Crippen molar-refractivity contribution >= 4 is 11.7 Å². The van der Waals surface area contributed by atoms with Crippen LogP contribution in [0, 0.1) is 10.1 Å². The predicted molar refractivity (Wildman–Crippen MR) is 66.4 cm³/mol. The van der Waals surface area contributed by atoms with Gasteiger partial charge < -0.3 is 10.1 Å². The Hall–Kier alpha value is -2.16. The van der Waals surface area contributed by atoms with Gasteiger partial charge in [0.15, 0.2) is 0 Å². The quantitative estimate of drug-likeness (QED) is 0.495. The van der Waals surface area contributed by atoms with Gasteiger partial charge in [0.1, 0.15) is 0 Å². The molecule has 1 aromatic carbocycles. The summed E-state index contributed by atoms with van der Waals surface area (Å²) in [5, 5.41) is 13.2. The summed E-state index contributed by atoms with van der Waals surface area (Å²) in [6.45, 7) is 0.920. The zero-order valence-corrected chi connectivity index (χ0v) is 11.1. The molecule has 0 bridgehead atoms. The third-order valence-corrected chi connectivity index (χ3v) is 2.53. The molecule has 0 aromatic heterocycles. The van der Waals surface area contributed by atoms with Gasteiger partial charge in [0.25, 0.3) is 5.69 Å². The number of ether oxygens (including phenoxy) is 1. The zero-order chi connectivity index (χ0) is 16.0. The van der Waals surface area contributed by atoms with Crippen molar-refractivity contribution < 1.29 is 27.6 Å². The van der Waals surface area contributed by atoms with Crippen LogP contribution in [0.3, 0.4) is 0 Å². The molecule has 1 aromatic rings. The maximum atomic E-state index is 12.9. The first-order chi connectivity index (χ1) is 9.77. The van der Waals surface area contributed by atoms with Crippen molar-refractivity contribution in [2.75, 3.05) is 13.2 Å². The molecule has 0 spiro atoms. The highest BCUT2D eigenvalue weighted by atomic mass is 19.4. The summed E-state index contributed by atoms with van der Waals surface area (Å²) in [5.41, 5.74) is -2.27. The lowest BCUT2D eigenvalue weighted by Gasteiger charge is -2.13. The SMILES string of the molecule is CCOC(=O)CNCc1c([N+](=O)[O-])cccc1C(F)(F)F. The van der Waals surface area contributed by atoms with Crippen LogP contribution < -0.4 is 5.32 Å². The van der Waals surface area contributed by atoms with Crippen LogP contribution in [0.25, 0.3) is 0 Å². The van der Waals surface area contributed by atoms with Crippen molar-refractivity contribution in [3.05, 3.63) is 39.4 Å². The first-order valence-electron chi connectivity index (χ1n) is 5.97. The van der Waals surface area contributed by atoms with Gasteiger partial charge in [-0.3, -0.25) is 14.9 Å². The molecule has 116 valence electrons. The Balaban J connectivity index is 2.97. The molecule has 0 saturated heterocycles. The summed E-state index contributed by atoms with van der Waals surface area (Å²) in [6, 6.07) is 2.71. The van der Waals surface area contributed by atoms with Crippen molar-refractivity contribution in [3.63, 3.8) is 0 Å². The highest BCUT2D eigenvalue weighted by Gasteiger charge is 2.36. The van der Waals surface area contributed by atoms with Crippen LogP contribution in [0.15, 0.2) is 18.2 Å². The fourth-order valence-corrected chi connectivity index (χ4v) is 1.70. The fourth-order valence-electron chi connectivity index (χ4n) is 1.70. The summed E-state index contributed by atoms with van der Waals surface area (Å²) in [7, 11) is 0. The van der Waals surface area contributed by atoms with Gasteiger partial charge in [-0.15, -0.1) is 0 Å². The average molecular weight is 306 g/mol. The molecule has 9 heteroatoms. The van der Waals surface area contributed by atoms with Crippen LogP contribution in [0.1, 0.15) is 18.1 Å². The molecule has 6 nitrogen and oxygen atoms in total. The molecule has 0 radical (unpaired) electrons. The zero-order valence-electron chi connectivity index (χ0n) is 11.1. The fraction of sp³-hybridized carbons (Fsp3) is 0.417. The van der Waals surface area contributed by atoms with E-state index in [1.807, 2.05) is 0 Å². The lowest BCUT2D eigenvalue weighted by molar-refractivity contribution is -0.385. The van der Waals surface area contributed by atoms with Gasteiger partial charge in [-0.2, -0.15) is 13.2 Å². The van der Waals surface area contributed by atoms with Crippen molar-refractivity contribution in [2.24, 2.45) is 0 Å². The van der Waals surface area contributed by atoms with Crippen LogP contribution in [0.2, 0.25) is 0 Å². The molecule has 0 amide bonds. The molecule has 1 N–H and O–H groups in total. The number of nitrogens with zero attached hydrogens (tertiary/aromatic N) is 1. The van der Waals surface area contributed by atoms with E-state index in [4.69, 9.17) is 0 Å². The molecular weight excluding hydrogens is 293 g/mol. The number of nitro benzene ring substituents is 1. The maximum Gasteiger partial charge on any atom is 0.416 e. The van der Waals surface area contributed by atoms with Gasteiger partial charge >= 0.3 is 12.1 Å². The number of halogens is 3. The average Bonchev–Trinajstić information content (AvgIpc) is 2.37. The molecule has 0 saturated carbocycles. The number of esters is 1. The molecular formula is C12H13F3N2O4. The molecule has 0 heterocycles. The Morgan fingerprint density at radius 2 is 2.10 bits per heavy atom. The van der Waals surface area contributed by atoms with E-state index >= 15 is 0 Å². The molecule has 1 rings (SSSR count). The lowest BCUT2D eigenvalue weighted by atomic mass is 10.0. The van der Waals surface area contributed by atoms with E-state index in [2.05, 4.69) is 10.1 Å². The molecule has 0 aliphatic carbocycles. The number of hydrogen-bond acceptors (Lipinski definition) is 5. The van der Waals surface area contributed by atoms with Crippen LogP contribution in [0.5, 0.6) is 0 Å². The normalized spacial score (nSPS) is 11.2. The summed E-state index contributed by atoms with van der Waals surface area (Å²) >= 11 is 0. The summed E-state index contributed by atoms with van der Waals surface area (Å²) in [5.74, 6) is -0.648. The Morgan fingerprint density at radius 1 is 1.43 bits per heavy atom. The second kappa shape index (κ2) is 7.02. The van der Waals surface area contributed by atoms with Crippen molar-refractivity contribution in [1.29, 1.82) is 0 Å². The van der Waals surface area contributed by atoms with E-state index < -0.39 is 40.4 Å². The smallest absolute Gasteiger partial charge is 0.416 e. The Morgan fingerprint density at radius 3 is 2.62 bits per heavy atom. The highest BCUT2D eigenvalue weighted by molar-refractivity contribution is 5.71. The van der Waals surface area contributed by atoms with Crippen LogP contribution in [-0.2, 0) is 22.3 Å². The Labute approximate surface area is 118 Å². The summed E-state index contributed by atoms with van der Waals surface area (Å²) in [4.78, 5) is 21.0. The van der Waals surface area contributed by atoms with E-state index in [1.165, 1.54) is 0 Å². The summed E-state index contributed by atoms with van der Waals surface area (Å²) < 4.78 is 43.2. The number of nitro groups is 1. The Bertz CT molecular complexity index is 532. The minimum Gasteiger partial charge on any atom is -0.465 e. The van der Waals surface area contributed by atoms with Gasteiger partial charge in [-0.1, -0.05) is 6.07 Å². The second-order valence-electron chi connectivity index (χ2n) is 3.97. The molecule has 0 aliphatic rings. The number of hydrogen-bond donors (Lipinski definition) is 1. The number of carbonyl (C=O) groups excluding carboxylic acids is 1. The minimum atomic E-state index is -4.72. The number of nitrogens with one attached hydrogen (secondary N) is 1. The third kappa shape index (κ3) is 4.71. The van der Waals surface area contributed by atoms with Gasteiger partial charge in [0, 0.05) is 12.6 Å². The number of benzene rings is 1. The van der Waals surface area contributed by atoms with E-state index in [9.17, 15) is 28.1 Å². The van der Waals surface area contributed by atoms with Gasteiger partial charge in [-0.25, -0.2) is 0 Å². The second-order valence-corrected chi connectivity index (χ2v) is 3.97. The van der Waals surface area contributed by atoms with Crippen molar-refractivity contribution in [3.8, 4) is 0 Å². The van der Waals surface area contributed by atoms with Gasteiger partial charge in [0.05, 0.1) is 29.2 Å². The van der Waals surface area contributed by atoms with Crippen molar-refractivity contribution in [2.45, 2.75) is 19.6 Å². The minimum absolute atomic E-state index is 0.139. The van der Waals surface area contributed by atoms with E-state index in [0.29, 0.717) is 0 Å². The standard InChI is InChI=1S/C12H13F3N2O4/c1-2-21-11(18)7-16-6-8-9(12(13,14)15)4-3-5-10(8)17(19)20/h3-5,16H,2,6-7H2,1H3. The third-order valence-electron chi connectivity index (χ3n) is 2.53. The lowest BCUT2D eigenvalue weighted by Crippen LogP contribution is -2.26. The first kappa shape index (κ1) is 16.9. The van der Waals surface area contributed by atoms with Gasteiger partial charge in [-0.05, 0) is 13.0 Å². The van der Waals surface area contributed by atoms with E-state index in [1.54, 1.807) is 6.92 Å². The first-order valence-corrected chi connectivity index (χ1v) is 5.97. The number of rotatable bonds is 6. The molecule has 0 unspecified atom stereocenters. The van der Waals surface area contributed by atoms with E-state index in [-0.39, 0.29) is 13.2 Å². The topological polar surface area (TPSA) is 81.5 Å². The monoisotopic (exact) mass is 306 g/mol. The molecule has 0 atom stereocenters. The van der Waals surface area contributed by atoms with E-state index in [0.717, 1.165) is 18.2 Å². The van der Waals surface area contributed by atoms with Crippen LogP contribution in [-0.4, -0.2) is 24.0 Å². The van der Waals surface area contributed by atoms with Gasteiger partial charge in [0.2, 0.25) is 0 Å². The van der Waals surface area contributed by atoms with Crippen LogP contribution in [0.4, 0.5) is 18.9 Å². The summed E-state index contributed by atoms with van der Waals surface area (Å²) in [6.07, 6.45) is -4.72. The van der Waals surface area contributed by atoms with Crippen LogP contribution >= 0.6 is 0 Å². The molecule has 21 heavy (non-hydrogen) atoms. The molecule has 0 fully saturated rings. The maximum absolute atomic E-state index is 12.9. The molecule has 0 aliphatic heterocycles. The highest BCUT2D eigenvalue weighted by Crippen LogP contribution is 2.35. The number of carbonyl (C=O) groups is 1. The van der Waals surface area contributed by atoms with Crippen molar-refractivity contribution in [1.82, 2.24) is 5.32 Å².